The Labute approximate surface area is 110 Å². The van der Waals surface area contributed by atoms with Crippen molar-refractivity contribution in [2.45, 2.75) is 6.42 Å². The summed E-state index contributed by atoms with van der Waals surface area (Å²) in [6.45, 7) is 3.56. The number of pyridine rings is 1. The van der Waals surface area contributed by atoms with Gasteiger partial charge in [-0.05, 0) is 23.8 Å². The number of carbonyl (C=O) groups is 1. The van der Waals surface area contributed by atoms with E-state index in [9.17, 15) is 4.79 Å². The van der Waals surface area contributed by atoms with Crippen LogP contribution in [0.2, 0.25) is 0 Å². The Morgan fingerprint density at radius 1 is 1.32 bits per heavy atom. The molecular formula is C15H11NO3. The minimum atomic E-state index is -1.02. The third-order valence-corrected chi connectivity index (χ3v) is 3.10. The molecule has 4 nitrogen and oxygen atoms in total. The quantitative estimate of drug-likeness (QED) is 0.713. The van der Waals surface area contributed by atoms with E-state index < -0.39 is 5.97 Å². The Bertz CT molecular complexity index is 692. The van der Waals surface area contributed by atoms with Gasteiger partial charge in [-0.2, -0.15) is 0 Å². The topological polar surface area (TPSA) is 59.4 Å². The molecule has 2 aromatic rings. The van der Waals surface area contributed by atoms with E-state index in [2.05, 4.69) is 11.6 Å². The number of hydrogen-bond donors (Lipinski definition) is 1. The van der Waals surface area contributed by atoms with Gasteiger partial charge >= 0.3 is 5.97 Å². The highest BCUT2D eigenvalue weighted by Crippen LogP contribution is 2.35. The molecular weight excluding hydrogens is 242 g/mol. The standard InChI is InChI=1S/C15H11NO3/c1-9(15(17)18)10-4-5-13-12(7-10)8-11-3-2-6-16-14(11)19-13/h2-7H,1,8H2,(H,17,18). The van der Waals surface area contributed by atoms with Crippen molar-refractivity contribution in [3.8, 4) is 11.6 Å². The van der Waals surface area contributed by atoms with Crippen LogP contribution >= 0.6 is 0 Å². The lowest BCUT2D eigenvalue weighted by atomic mass is 9.98. The number of carboxylic acids is 1. The molecule has 0 unspecified atom stereocenters. The third kappa shape index (κ3) is 1.97. The first kappa shape index (κ1) is 11.5. The summed E-state index contributed by atoms with van der Waals surface area (Å²) in [5, 5.41) is 8.96. The highest BCUT2D eigenvalue weighted by atomic mass is 16.5. The number of rotatable bonds is 2. The molecule has 0 saturated heterocycles. The fourth-order valence-electron chi connectivity index (χ4n) is 2.09. The molecule has 0 bridgehead atoms. The van der Waals surface area contributed by atoms with Crippen molar-refractivity contribution >= 4 is 11.5 Å². The first-order valence-corrected chi connectivity index (χ1v) is 5.82. The zero-order valence-corrected chi connectivity index (χ0v) is 10.1. The van der Waals surface area contributed by atoms with Gasteiger partial charge in [-0.15, -0.1) is 0 Å². The number of nitrogens with zero attached hydrogens (tertiary/aromatic N) is 1. The summed E-state index contributed by atoms with van der Waals surface area (Å²) in [5.41, 5.74) is 2.62. The number of hydrogen-bond acceptors (Lipinski definition) is 3. The van der Waals surface area contributed by atoms with Gasteiger partial charge in [0.15, 0.2) is 0 Å². The summed E-state index contributed by atoms with van der Waals surface area (Å²) in [6, 6.07) is 9.07. The molecule has 19 heavy (non-hydrogen) atoms. The molecule has 2 heterocycles. The third-order valence-electron chi connectivity index (χ3n) is 3.10. The van der Waals surface area contributed by atoms with Crippen molar-refractivity contribution in [1.82, 2.24) is 4.98 Å². The van der Waals surface area contributed by atoms with E-state index in [1.54, 1.807) is 18.3 Å². The molecule has 0 aliphatic carbocycles. The molecule has 0 atom stereocenters. The van der Waals surface area contributed by atoms with E-state index >= 15 is 0 Å². The molecule has 94 valence electrons. The van der Waals surface area contributed by atoms with Crippen molar-refractivity contribution < 1.29 is 14.6 Å². The number of aromatic nitrogens is 1. The first-order valence-electron chi connectivity index (χ1n) is 5.82. The summed E-state index contributed by atoms with van der Waals surface area (Å²) < 4.78 is 5.68. The average Bonchev–Trinajstić information content (AvgIpc) is 2.43. The van der Waals surface area contributed by atoms with Crippen molar-refractivity contribution in [3.05, 3.63) is 59.8 Å². The Morgan fingerprint density at radius 2 is 2.16 bits per heavy atom. The fourth-order valence-corrected chi connectivity index (χ4v) is 2.09. The molecule has 3 rings (SSSR count). The van der Waals surface area contributed by atoms with Crippen molar-refractivity contribution in [2.24, 2.45) is 0 Å². The van der Waals surface area contributed by atoms with Gasteiger partial charge in [0, 0.05) is 23.7 Å². The maximum absolute atomic E-state index is 10.9. The van der Waals surface area contributed by atoms with Crippen molar-refractivity contribution in [2.75, 3.05) is 0 Å². The van der Waals surface area contributed by atoms with Crippen molar-refractivity contribution in [1.29, 1.82) is 0 Å². The van der Waals surface area contributed by atoms with E-state index in [-0.39, 0.29) is 5.57 Å². The second-order valence-electron chi connectivity index (χ2n) is 4.35. The Balaban J connectivity index is 2.01. The first-order chi connectivity index (χ1) is 9.15. The number of benzene rings is 1. The zero-order valence-electron chi connectivity index (χ0n) is 10.1. The van der Waals surface area contributed by atoms with Crippen LogP contribution in [0.5, 0.6) is 11.6 Å². The highest BCUT2D eigenvalue weighted by Gasteiger charge is 2.19. The van der Waals surface area contributed by atoms with E-state index in [1.165, 1.54) is 0 Å². The monoisotopic (exact) mass is 253 g/mol. The molecule has 1 aromatic carbocycles. The number of carboxylic acid groups (broad SMARTS) is 1. The van der Waals surface area contributed by atoms with Crippen LogP contribution in [0.3, 0.4) is 0 Å². The van der Waals surface area contributed by atoms with Gasteiger partial charge in [-0.1, -0.05) is 18.7 Å². The van der Waals surface area contributed by atoms with Gasteiger partial charge in [-0.3, -0.25) is 0 Å². The summed E-state index contributed by atoms with van der Waals surface area (Å²) in [6.07, 6.45) is 2.36. The summed E-state index contributed by atoms with van der Waals surface area (Å²) >= 11 is 0. The SMILES string of the molecule is C=C(C(=O)O)c1ccc2c(c1)Cc1cccnc1O2. The maximum atomic E-state index is 10.9. The van der Waals surface area contributed by atoms with Gasteiger partial charge < -0.3 is 9.84 Å². The lowest BCUT2D eigenvalue weighted by Crippen LogP contribution is -2.06. The van der Waals surface area contributed by atoms with E-state index in [4.69, 9.17) is 9.84 Å². The fraction of sp³-hybridized carbons (Fsp3) is 0.0667. The smallest absolute Gasteiger partial charge is 0.335 e. The minimum absolute atomic E-state index is 0.0831. The number of ether oxygens (including phenoxy) is 1. The predicted molar refractivity (Wildman–Crippen MR) is 70.2 cm³/mol. The van der Waals surface area contributed by atoms with Gasteiger partial charge in [0.2, 0.25) is 5.88 Å². The summed E-state index contributed by atoms with van der Waals surface area (Å²) in [7, 11) is 0. The second-order valence-corrected chi connectivity index (χ2v) is 4.35. The average molecular weight is 253 g/mol. The van der Waals surface area contributed by atoms with Crippen LogP contribution in [0, 0.1) is 0 Å². The molecule has 0 spiro atoms. The van der Waals surface area contributed by atoms with Crippen LogP contribution in [-0.4, -0.2) is 16.1 Å². The zero-order chi connectivity index (χ0) is 13.4. The molecule has 0 saturated carbocycles. The molecule has 0 fully saturated rings. The predicted octanol–water partition coefficient (Wildman–Crippen LogP) is 2.88. The van der Waals surface area contributed by atoms with E-state index in [0.29, 0.717) is 23.6 Å². The molecule has 1 aliphatic heterocycles. The molecule has 0 amide bonds. The molecule has 4 heteroatoms. The Kier molecular flexibility index (Phi) is 2.56. The summed E-state index contributed by atoms with van der Waals surface area (Å²) in [4.78, 5) is 15.1. The van der Waals surface area contributed by atoms with Crippen LogP contribution in [0.1, 0.15) is 16.7 Å². The van der Waals surface area contributed by atoms with Crippen LogP contribution in [0.25, 0.3) is 5.57 Å². The van der Waals surface area contributed by atoms with Gasteiger partial charge in [-0.25, -0.2) is 9.78 Å². The maximum Gasteiger partial charge on any atom is 0.335 e. The Hall–Kier alpha value is -2.62. The minimum Gasteiger partial charge on any atom is -0.478 e. The normalized spacial score (nSPS) is 12.0. The van der Waals surface area contributed by atoms with Gasteiger partial charge in [0.25, 0.3) is 0 Å². The Morgan fingerprint density at radius 3 is 2.95 bits per heavy atom. The molecule has 1 aromatic heterocycles. The molecule has 1 aliphatic rings. The van der Waals surface area contributed by atoms with Crippen LogP contribution in [0.15, 0.2) is 43.1 Å². The molecule has 1 N–H and O–H groups in total. The summed E-state index contributed by atoms with van der Waals surface area (Å²) in [5.74, 6) is 0.312. The largest absolute Gasteiger partial charge is 0.478 e. The second kappa shape index (κ2) is 4.24. The molecule has 0 radical (unpaired) electrons. The highest BCUT2D eigenvalue weighted by molar-refractivity contribution is 6.14. The van der Waals surface area contributed by atoms with E-state index in [0.717, 1.165) is 11.1 Å². The van der Waals surface area contributed by atoms with E-state index in [1.807, 2.05) is 18.2 Å². The van der Waals surface area contributed by atoms with Crippen LogP contribution in [0.4, 0.5) is 0 Å². The lowest BCUT2D eigenvalue weighted by molar-refractivity contribution is -0.130. The number of fused-ring (bicyclic) bond motifs is 2. The lowest BCUT2D eigenvalue weighted by Gasteiger charge is -2.19. The van der Waals surface area contributed by atoms with Gasteiger partial charge in [0.1, 0.15) is 5.75 Å². The van der Waals surface area contributed by atoms with Crippen LogP contribution in [-0.2, 0) is 11.2 Å². The van der Waals surface area contributed by atoms with Crippen molar-refractivity contribution in [3.63, 3.8) is 0 Å². The van der Waals surface area contributed by atoms with Gasteiger partial charge in [0.05, 0.1) is 5.57 Å². The van der Waals surface area contributed by atoms with Crippen LogP contribution < -0.4 is 4.74 Å². The number of aliphatic carboxylic acids is 1.